The Labute approximate surface area is 84.8 Å². The van der Waals surface area contributed by atoms with Gasteiger partial charge >= 0.3 is 0 Å². The maximum Gasteiger partial charge on any atom is 0.225 e. The fourth-order valence-electron chi connectivity index (χ4n) is 3.22. The maximum atomic E-state index is 11.2. The van der Waals surface area contributed by atoms with Crippen LogP contribution in [0.3, 0.4) is 0 Å². The fraction of sp³-hybridized carbons (Fsp3) is 0.909. The Kier molecular flexibility index (Phi) is 2.92. The summed E-state index contributed by atoms with van der Waals surface area (Å²) in [6.07, 6.45) is 8.85. The van der Waals surface area contributed by atoms with Crippen LogP contribution in [-0.4, -0.2) is 5.24 Å². The van der Waals surface area contributed by atoms with Gasteiger partial charge in [0.1, 0.15) is 0 Å². The quantitative estimate of drug-likeness (QED) is 0.594. The van der Waals surface area contributed by atoms with Crippen molar-refractivity contribution >= 4 is 16.8 Å². The minimum Gasteiger partial charge on any atom is -0.281 e. The fourth-order valence-corrected chi connectivity index (χ4v) is 3.49. The van der Waals surface area contributed by atoms with E-state index in [4.69, 9.17) is 11.6 Å². The summed E-state index contributed by atoms with van der Waals surface area (Å²) in [6.45, 7) is 0. The number of carbonyl (C=O) groups excluding carboxylic acids is 1. The highest BCUT2D eigenvalue weighted by atomic mass is 35.5. The molecule has 13 heavy (non-hydrogen) atoms. The Bertz CT molecular complexity index is 200. The molecule has 0 saturated heterocycles. The molecule has 0 aliphatic heterocycles. The first-order chi connectivity index (χ1) is 6.29. The molecule has 0 N–H and O–H groups in total. The number of carbonyl (C=O) groups is 1. The summed E-state index contributed by atoms with van der Waals surface area (Å²) in [6, 6.07) is 0. The second-order valence-electron chi connectivity index (χ2n) is 4.55. The van der Waals surface area contributed by atoms with Gasteiger partial charge in [0, 0.05) is 5.92 Å². The van der Waals surface area contributed by atoms with Crippen LogP contribution in [0.5, 0.6) is 0 Å². The lowest BCUT2D eigenvalue weighted by Crippen LogP contribution is -2.33. The van der Waals surface area contributed by atoms with Gasteiger partial charge in [0.2, 0.25) is 5.24 Å². The molecule has 2 aliphatic rings. The summed E-state index contributed by atoms with van der Waals surface area (Å²) >= 11 is 5.64. The average Bonchev–Trinajstić information content (AvgIpc) is 2.17. The molecule has 0 aromatic carbocycles. The first kappa shape index (κ1) is 9.51. The molecule has 74 valence electrons. The van der Waals surface area contributed by atoms with Crippen LogP contribution >= 0.6 is 11.6 Å². The molecule has 0 amide bonds. The van der Waals surface area contributed by atoms with Crippen molar-refractivity contribution in [1.82, 2.24) is 0 Å². The van der Waals surface area contributed by atoms with Crippen molar-refractivity contribution in [1.29, 1.82) is 0 Å². The lowest BCUT2D eigenvalue weighted by molar-refractivity contribution is -0.119. The van der Waals surface area contributed by atoms with Crippen molar-refractivity contribution in [3.63, 3.8) is 0 Å². The van der Waals surface area contributed by atoms with E-state index >= 15 is 0 Å². The van der Waals surface area contributed by atoms with E-state index in [0.717, 1.165) is 12.3 Å². The average molecular weight is 201 g/mol. The SMILES string of the molecule is O=C(Cl)[C@H]1CCC[C@@H]2CCCC[C@@H]21. The second-order valence-corrected chi connectivity index (χ2v) is 4.92. The van der Waals surface area contributed by atoms with E-state index in [1.54, 1.807) is 0 Å². The Morgan fingerprint density at radius 2 is 1.69 bits per heavy atom. The molecular formula is C11H17ClO. The highest BCUT2D eigenvalue weighted by Crippen LogP contribution is 2.44. The van der Waals surface area contributed by atoms with Gasteiger partial charge in [-0.3, -0.25) is 4.79 Å². The smallest absolute Gasteiger partial charge is 0.225 e. The van der Waals surface area contributed by atoms with Gasteiger partial charge in [-0.1, -0.05) is 32.1 Å². The zero-order valence-corrected chi connectivity index (χ0v) is 8.72. The zero-order valence-electron chi connectivity index (χ0n) is 7.97. The molecule has 0 radical (unpaired) electrons. The van der Waals surface area contributed by atoms with Gasteiger partial charge in [0.15, 0.2) is 0 Å². The topological polar surface area (TPSA) is 17.1 Å². The number of rotatable bonds is 1. The van der Waals surface area contributed by atoms with E-state index in [9.17, 15) is 4.79 Å². The first-order valence-electron chi connectivity index (χ1n) is 5.48. The second kappa shape index (κ2) is 4.00. The monoisotopic (exact) mass is 200 g/mol. The molecular weight excluding hydrogens is 184 g/mol. The normalized spacial score (nSPS) is 39.6. The van der Waals surface area contributed by atoms with Gasteiger partial charge in [-0.15, -0.1) is 0 Å². The molecule has 2 rings (SSSR count). The van der Waals surface area contributed by atoms with E-state index in [0.29, 0.717) is 5.92 Å². The van der Waals surface area contributed by atoms with Crippen molar-refractivity contribution < 1.29 is 4.79 Å². The molecule has 0 unspecified atom stereocenters. The molecule has 2 aliphatic carbocycles. The van der Waals surface area contributed by atoms with Crippen LogP contribution < -0.4 is 0 Å². The molecule has 0 aromatic rings. The minimum atomic E-state index is -0.0726. The third-order valence-corrected chi connectivity index (χ3v) is 4.15. The highest BCUT2D eigenvalue weighted by molar-refractivity contribution is 6.64. The van der Waals surface area contributed by atoms with E-state index in [1.165, 1.54) is 38.5 Å². The molecule has 0 bridgehead atoms. The summed E-state index contributed by atoms with van der Waals surface area (Å²) in [5.74, 6) is 1.64. The predicted octanol–water partition coefficient (Wildman–Crippen LogP) is 3.36. The largest absolute Gasteiger partial charge is 0.281 e. The van der Waals surface area contributed by atoms with Crippen LogP contribution in [0.1, 0.15) is 44.9 Å². The number of hydrogen-bond donors (Lipinski definition) is 0. The lowest BCUT2D eigenvalue weighted by atomic mass is 9.66. The van der Waals surface area contributed by atoms with Crippen LogP contribution in [0.15, 0.2) is 0 Å². The zero-order chi connectivity index (χ0) is 9.26. The van der Waals surface area contributed by atoms with Crippen molar-refractivity contribution in [3.05, 3.63) is 0 Å². The molecule has 1 nitrogen and oxygen atoms in total. The van der Waals surface area contributed by atoms with Gasteiger partial charge in [0.05, 0.1) is 0 Å². The van der Waals surface area contributed by atoms with E-state index in [1.807, 2.05) is 0 Å². The van der Waals surface area contributed by atoms with E-state index in [-0.39, 0.29) is 11.2 Å². The minimum absolute atomic E-state index is 0.0726. The third-order valence-electron chi connectivity index (χ3n) is 3.87. The van der Waals surface area contributed by atoms with Gasteiger partial charge in [-0.05, 0) is 36.3 Å². The molecule has 0 heterocycles. The maximum absolute atomic E-state index is 11.2. The summed E-state index contributed by atoms with van der Waals surface area (Å²) in [7, 11) is 0. The van der Waals surface area contributed by atoms with Crippen LogP contribution in [0, 0.1) is 17.8 Å². The lowest BCUT2D eigenvalue weighted by Gasteiger charge is -2.39. The highest BCUT2D eigenvalue weighted by Gasteiger charge is 2.37. The van der Waals surface area contributed by atoms with Crippen LogP contribution in [0.4, 0.5) is 0 Å². The first-order valence-corrected chi connectivity index (χ1v) is 5.86. The third kappa shape index (κ3) is 1.90. The Morgan fingerprint density at radius 3 is 2.46 bits per heavy atom. The molecule has 2 saturated carbocycles. The molecule has 2 fully saturated rings. The van der Waals surface area contributed by atoms with Gasteiger partial charge in [-0.25, -0.2) is 0 Å². The molecule has 3 atom stereocenters. The molecule has 0 spiro atoms. The standard InChI is InChI=1S/C11H17ClO/c12-11(13)10-7-3-5-8-4-1-2-6-9(8)10/h8-10H,1-7H2/t8-,9-,10-/m0/s1. The summed E-state index contributed by atoms with van der Waals surface area (Å²) in [5.41, 5.74) is 0. The Morgan fingerprint density at radius 1 is 1.00 bits per heavy atom. The number of fused-ring (bicyclic) bond motifs is 1. The summed E-state index contributed by atoms with van der Waals surface area (Å²) in [5, 5.41) is -0.0726. The Hall–Kier alpha value is -0.0400. The number of hydrogen-bond acceptors (Lipinski definition) is 1. The summed E-state index contributed by atoms with van der Waals surface area (Å²) in [4.78, 5) is 11.2. The van der Waals surface area contributed by atoms with E-state index < -0.39 is 0 Å². The van der Waals surface area contributed by atoms with Crippen molar-refractivity contribution in [3.8, 4) is 0 Å². The van der Waals surface area contributed by atoms with Crippen molar-refractivity contribution in [2.45, 2.75) is 44.9 Å². The van der Waals surface area contributed by atoms with Crippen molar-refractivity contribution in [2.24, 2.45) is 17.8 Å². The van der Waals surface area contributed by atoms with Crippen LogP contribution in [-0.2, 0) is 4.79 Å². The van der Waals surface area contributed by atoms with Gasteiger partial charge in [-0.2, -0.15) is 0 Å². The Balaban J connectivity index is 2.06. The molecule has 0 aromatic heterocycles. The van der Waals surface area contributed by atoms with Crippen LogP contribution in [0.25, 0.3) is 0 Å². The van der Waals surface area contributed by atoms with E-state index in [2.05, 4.69) is 0 Å². The summed E-state index contributed by atoms with van der Waals surface area (Å²) < 4.78 is 0. The van der Waals surface area contributed by atoms with Crippen molar-refractivity contribution in [2.75, 3.05) is 0 Å². The molecule has 2 heteroatoms. The predicted molar refractivity (Wildman–Crippen MR) is 53.6 cm³/mol. The van der Waals surface area contributed by atoms with Gasteiger partial charge < -0.3 is 0 Å². The van der Waals surface area contributed by atoms with Crippen LogP contribution in [0.2, 0.25) is 0 Å². The van der Waals surface area contributed by atoms with Gasteiger partial charge in [0.25, 0.3) is 0 Å². The number of halogens is 1.